The molecule has 0 radical (unpaired) electrons. The third kappa shape index (κ3) is 2.80. The van der Waals surface area contributed by atoms with Crippen molar-refractivity contribution in [2.24, 2.45) is 0 Å². The fourth-order valence-corrected chi connectivity index (χ4v) is 4.25. The molecule has 0 aromatic rings. The third-order valence-electron chi connectivity index (χ3n) is 3.31. The molecule has 1 atom stereocenters. The van der Waals surface area contributed by atoms with Gasteiger partial charge in [0.25, 0.3) is 0 Å². The summed E-state index contributed by atoms with van der Waals surface area (Å²) in [7, 11) is -3.22. The Bertz CT molecular complexity index is 313. The smallest absolute Gasteiger partial charge is 0.162 e. The highest BCUT2D eigenvalue weighted by molar-refractivity contribution is 7.93. The van der Waals surface area contributed by atoms with Crippen LogP contribution in [0.3, 0.4) is 0 Å². The number of hydrogen-bond donors (Lipinski definition) is 0. The first-order valence-corrected chi connectivity index (χ1v) is 7.36. The minimum absolute atomic E-state index is 0.152. The second-order valence-electron chi connectivity index (χ2n) is 4.31. The Hall–Kier alpha value is -0.380. The van der Waals surface area contributed by atoms with Crippen LogP contribution in [0.1, 0.15) is 52.4 Å². The standard InChI is InChI=1S/C11H20O3S/c1-3-11(12)9(2)15(13,14)10-7-5-4-6-8-10/h9-10H,3-8H2,1-2H3. The van der Waals surface area contributed by atoms with Gasteiger partial charge in [-0.1, -0.05) is 26.2 Å². The summed E-state index contributed by atoms with van der Waals surface area (Å²) >= 11 is 0. The molecule has 0 amide bonds. The van der Waals surface area contributed by atoms with Gasteiger partial charge in [0.15, 0.2) is 9.84 Å². The Morgan fingerprint density at radius 1 is 1.27 bits per heavy atom. The summed E-state index contributed by atoms with van der Waals surface area (Å²) < 4.78 is 24.1. The molecule has 1 fully saturated rings. The average molecular weight is 232 g/mol. The van der Waals surface area contributed by atoms with E-state index < -0.39 is 15.1 Å². The van der Waals surface area contributed by atoms with E-state index in [2.05, 4.69) is 0 Å². The number of sulfone groups is 1. The molecule has 0 aromatic carbocycles. The van der Waals surface area contributed by atoms with Crippen molar-refractivity contribution in [2.45, 2.75) is 62.9 Å². The van der Waals surface area contributed by atoms with Gasteiger partial charge in [0.2, 0.25) is 0 Å². The number of rotatable bonds is 4. The lowest BCUT2D eigenvalue weighted by molar-refractivity contribution is -0.118. The topological polar surface area (TPSA) is 51.2 Å². The lowest BCUT2D eigenvalue weighted by atomic mass is 10.0. The fraction of sp³-hybridized carbons (Fsp3) is 0.909. The molecule has 1 aliphatic rings. The van der Waals surface area contributed by atoms with E-state index in [1.807, 2.05) is 0 Å². The zero-order valence-corrected chi connectivity index (χ0v) is 10.3. The van der Waals surface area contributed by atoms with Gasteiger partial charge in [0.1, 0.15) is 11.0 Å². The molecule has 88 valence electrons. The van der Waals surface area contributed by atoms with Crippen LogP contribution in [0.25, 0.3) is 0 Å². The molecule has 1 unspecified atom stereocenters. The highest BCUT2D eigenvalue weighted by Crippen LogP contribution is 2.26. The Morgan fingerprint density at radius 2 is 1.80 bits per heavy atom. The van der Waals surface area contributed by atoms with Gasteiger partial charge < -0.3 is 0 Å². The van der Waals surface area contributed by atoms with Crippen molar-refractivity contribution < 1.29 is 13.2 Å². The predicted molar refractivity (Wildman–Crippen MR) is 60.6 cm³/mol. The van der Waals surface area contributed by atoms with Crippen molar-refractivity contribution in [1.29, 1.82) is 0 Å². The first-order valence-electron chi connectivity index (χ1n) is 5.75. The maximum absolute atomic E-state index is 12.1. The highest BCUT2D eigenvalue weighted by Gasteiger charge is 2.35. The number of ketones is 1. The van der Waals surface area contributed by atoms with Gasteiger partial charge in [-0.05, 0) is 19.8 Å². The lowest BCUT2D eigenvalue weighted by Gasteiger charge is -2.24. The summed E-state index contributed by atoms with van der Waals surface area (Å²) in [6, 6.07) is 0. The summed E-state index contributed by atoms with van der Waals surface area (Å²) in [6.45, 7) is 3.25. The number of Topliss-reactive ketones (excluding diaryl/α,β-unsaturated/α-hetero) is 1. The van der Waals surface area contributed by atoms with E-state index in [1.165, 1.54) is 6.92 Å². The van der Waals surface area contributed by atoms with E-state index in [-0.39, 0.29) is 11.0 Å². The van der Waals surface area contributed by atoms with Gasteiger partial charge in [-0.15, -0.1) is 0 Å². The minimum atomic E-state index is -3.22. The normalized spacial score (nSPS) is 21.2. The molecule has 3 nitrogen and oxygen atoms in total. The van der Waals surface area contributed by atoms with E-state index in [9.17, 15) is 13.2 Å². The van der Waals surface area contributed by atoms with Gasteiger partial charge >= 0.3 is 0 Å². The van der Waals surface area contributed by atoms with Crippen molar-refractivity contribution in [2.75, 3.05) is 0 Å². The summed E-state index contributed by atoms with van der Waals surface area (Å²) in [5.41, 5.74) is 0. The van der Waals surface area contributed by atoms with Crippen LogP contribution in [0.15, 0.2) is 0 Å². The Balaban J connectivity index is 2.76. The monoisotopic (exact) mass is 232 g/mol. The Labute approximate surface area is 92.2 Å². The van der Waals surface area contributed by atoms with Crippen LogP contribution in [0.2, 0.25) is 0 Å². The summed E-state index contributed by atoms with van der Waals surface area (Å²) in [5, 5.41) is -1.07. The van der Waals surface area contributed by atoms with Crippen molar-refractivity contribution in [3.05, 3.63) is 0 Å². The van der Waals surface area contributed by atoms with Gasteiger partial charge in [-0.3, -0.25) is 4.79 Å². The number of carbonyl (C=O) groups is 1. The summed E-state index contributed by atoms with van der Waals surface area (Å²) in [5.74, 6) is -0.152. The third-order valence-corrected chi connectivity index (χ3v) is 5.96. The van der Waals surface area contributed by atoms with Crippen molar-refractivity contribution in [3.63, 3.8) is 0 Å². The second kappa shape index (κ2) is 5.10. The SMILES string of the molecule is CCC(=O)C(C)S(=O)(=O)C1CCCCC1. The molecule has 0 bridgehead atoms. The van der Waals surface area contributed by atoms with E-state index in [0.717, 1.165) is 32.1 Å². The first kappa shape index (κ1) is 12.7. The van der Waals surface area contributed by atoms with Gasteiger partial charge in [0, 0.05) is 6.42 Å². The zero-order chi connectivity index (χ0) is 11.5. The van der Waals surface area contributed by atoms with Gasteiger partial charge in [-0.2, -0.15) is 0 Å². The van der Waals surface area contributed by atoms with E-state index in [0.29, 0.717) is 6.42 Å². The van der Waals surface area contributed by atoms with E-state index >= 15 is 0 Å². The quantitative estimate of drug-likeness (QED) is 0.746. The second-order valence-corrected chi connectivity index (χ2v) is 6.86. The molecule has 4 heteroatoms. The van der Waals surface area contributed by atoms with Crippen molar-refractivity contribution >= 4 is 15.6 Å². The Kier molecular flexibility index (Phi) is 4.32. The number of hydrogen-bond acceptors (Lipinski definition) is 3. The molecular weight excluding hydrogens is 212 g/mol. The van der Waals surface area contributed by atoms with Crippen LogP contribution >= 0.6 is 0 Å². The molecule has 0 heterocycles. The zero-order valence-electron chi connectivity index (χ0n) is 9.53. The molecule has 1 saturated carbocycles. The molecule has 0 N–H and O–H groups in total. The lowest BCUT2D eigenvalue weighted by Crippen LogP contribution is -2.36. The van der Waals surface area contributed by atoms with Crippen LogP contribution in [0, 0.1) is 0 Å². The van der Waals surface area contributed by atoms with E-state index in [4.69, 9.17) is 0 Å². The molecule has 1 rings (SSSR count). The molecule has 0 aliphatic heterocycles. The van der Waals surface area contributed by atoms with Gasteiger partial charge in [0.05, 0.1) is 5.25 Å². The molecular formula is C11H20O3S. The van der Waals surface area contributed by atoms with Crippen LogP contribution in [0.4, 0.5) is 0 Å². The predicted octanol–water partition coefficient (Wildman–Crippen LogP) is 2.10. The van der Waals surface area contributed by atoms with E-state index in [1.54, 1.807) is 6.92 Å². The summed E-state index contributed by atoms with van der Waals surface area (Å²) in [4.78, 5) is 11.4. The van der Waals surface area contributed by atoms with Crippen molar-refractivity contribution in [3.8, 4) is 0 Å². The maximum atomic E-state index is 12.1. The highest BCUT2D eigenvalue weighted by atomic mass is 32.2. The van der Waals surface area contributed by atoms with Crippen LogP contribution < -0.4 is 0 Å². The van der Waals surface area contributed by atoms with Crippen LogP contribution in [0.5, 0.6) is 0 Å². The molecule has 15 heavy (non-hydrogen) atoms. The molecule has 0 aromatic heterocycles. The average Bonchev–Trinajstić information content (AvgIpc) is 2.28. The number of carbonyl (C=O) groups excluding carboxylic acids is 1. The largest absolute Gasteiger partial charge is 0.298 e. The molecule has 0 spiro atoms. The molecule has 0 saturated heterocycles. The fourth-order valence-electron chi connectivity index (χ4n) is 2.15. The Morgan fingerprint density at radius 3 is 2.27 bits per heavy atom. The maximum Gasteiger partial charge on any atom is 0.162 e. The van der Waals surface area contributed by atoms with Crippen molar-refractivity contribution in [1.82, 2.24) is 0 Å². The van der Waals surface area contributed by atoms with Crippen LogP contribution in [-0.4, -0.2) is 24.7 Å². The van der Waals surface area contributed by atoms with Crippen LogP contribution in [-0.2, 0) is 14.6 Å². The summed E-state index contributed by atoms with van der Waals surface area (Å²) in [6.07, 6.45) is 4.89. The van der Waals surface area contributed by atoms with Gasteiger partial charge in [-0.25, -0.2) is 8.42 Å². The molecule has 1 aliphatic carbocycles. The minimum Gasteiger partial charge on any atom is -0.298 e. The first-order chi connectivity index (χ1) is 7.00.